The summed E-state index contributed by atoms with van der Waals surface area (Å²) in [7, 11) is -3.63. The van der Waals surface area contributed by atoms with Gasteiger partial charge in [-0.25, -0.2) is 8.42 Å². The molecule has 2 atom stereocenters. The van der Waals surface area contributed by atoms with Crippen molar-refractivity contribution in [1.82, 2.24) is 19.8 Å². The van der Waals surface area contributed by atoms with E-state index < -0.39 is 15.5 Å². The zero-order chi connectivity index (χ0) is 20.9. The van der Waals surface area contributed by atoms with Gasteiger partial charge in [0.2, 0.25) is 0 Å². The Bertz CT molecular complexity index is 636. The topological polar surface area (TPSA) is 86.3 Å². The third kappa shape index (κ3) is 5.71. The predicted octanol–water partition coefficient (Wildman–Crippen LogP) is 0.575. The normalized spacial score (nSPS) is 25.5. The second-order valence-electron chi connectivity index (χ2n) is 7.23. The second kappa shape index (κ2) is 9.59. The first kappa shape index (κ1) is 23.2. The zero-order valence-corrected chi connectivity index (χ0v) is 17.3. The van der Waals surface area contributed by atoms with Crippen LogP contribution < -0.4 is 10.6 Å². The SMILES string of the molecule is CN=C(NCC(C)N1CCOCC1C)NC1CCN(S(=O)(=O)C(F)(F)F)CC1. The highest BCUT2D eigenvalue weighted by Gasteiger charge is 2.50. The summed E-state index contributed by atoms with van der Waals surface area (Å²) in [5.74, 6) is 0.560. The highest BCUT2D eigenvalue weighted by molar-refractivity contribution is 7.90. The summed E-state index contributed by atoms with van der Waals surface area (Å²) in [6.07, 6.45) is 0.568. The predicted molar refractivity (Wildman–Crippen MR) is 101 cm³/mol. The molecule has 12 heteroatoms. The van der Waals surface area contributed by atoms with Crippen LogP contribution in [0.5, 0.6) is 0 Å². The van der Waals surface area contributed by atoms with E-state index in [0.29, 0.717) is 36.1 Å². The number of hydrogen-bond donors (Lipinski definition) is 2. The molecule has 2 aliphatic rings. The van der Waals surface area contributed by atoms with E-state index in [0.717, 1.165) is 6.54 Å². The van der Waals surface area contributed by atoms with Crippen LogP contribution in [0, 0.1) is 0 Å². The number of alkyl halides is 3. The van der Waals surface area contributed by atoms with E-state index in [1.165, 1.54) is 0 Å². The summed E-state index contributed by atoms with van der Waals surface area (Å²) >= 11 is 0. The molecule has 0 bridgehead atoms. The third-order valence-corrected chi connectivity index (χ3v) is 6.83. The van der Waals surface area contributed by atoms with Crippen LogP contribution in [-0.2, 0) is 14.8 Å². The van der Waals surface area contributed by atoms with Gasteiger partial charge in [-0.15, -0.1) is 0 Å². The first-order valence-electron chi connectivity index (χ1n) is 9.43. The largest absolute Gasteiger partial charge is 0.511 e. The minimum atomic E-state index is -5.25. The van der Waals surface area contributed by atoms with Gasteiger partial charge in [-0.1, -0.05) is 0 Å². The molecule has 0 radical (unpaired) electrons. The molecule has 0 aliphatic carbocycles. The Balaban J connectivity index is 1.80. The highest BCUT2D eigenvalue weighted by Crippen LogP contribution is 2.28. The van der Waals surface area contributed by atoms with Crippen LogP contribution in [-0.4, -0.2) is 93.7 Å². The second-order valence-corrected chi connectivity index (χ2v) is 9.16. The maximum atomic E-state index is 12.7. The minimum Gasteiger partial charge on any atom is -0.379 e. The fourth-order valence-corrected chi connectivity index (χ4v) is 4.52. The van der Waals surface area contributed by atoms with Crippen LogP contribution in [0.15, 0.2) is 4.99 Å². The monoisotopic (exact) mass is 429 g/mol. The summed E-state index contributed by atoms with van der Waals surface area (Å²) in [6, 6.07) is 0.458. The molecule has 0 aromatic carbocycles. The quantitative estimate of drug-likeness (QED) is 0.491. The van der Waals surface area contributed by atoms with Crippen molar-refractivity contribution < 1.29 is 26.3 Å². The summed E-state index contributed by atoms with van der Waals surface area (Å²) in [5, 5.41) is 6.42. The van der Waals surface area contributed by atoms with Crippen LogP contribution in [0.25, 0.3) is 0 Å². The van der Waals surface area contributed by atoms with E-state index >= 15 is 0 Å². The lowest BCUT2D eigenvalue weighted by atomic mass is 10.1. The van der Waals surface area contributed by atoms with Crippen molar-refractivity contribution in [3.05, 3.63) is 0 Å². The van der Waals surface area contributed by atoms with Gasteiger partial charge in [0.25, 0.3) is 0 Å². The number of guanidine groups is 1. The minimum absolute atomic E-state index is 0.136. The molecule has 0 spiro atoms. The van der Waals surface area contributed by atoms with Crippen molar-refractivity contribution in [2.45, 2.75) is 50.3 Å². The number of nitrogens with one attached hydrogen (secondary N) is 2. The molecule has 8 nitrogen and oxygen atoms in total. The van der Waals surface area contributed by atoms with Crippen molar-refractivity contribution in [1.29, 1.82) is 0 Å². The van der Waals surface area contributed by atoms with E-state index in [2.05, 4.69) is 34.4 Å². The Morgan fingerprint density at radius 2 is 1.93 bits per heavy atom. The van der Waals surface area contributed by atoms with Crippen LogP contribution in [0.2, 0.25) is 0 Å². The number of rotatable bonds is 5. The van der Waals surface area contributed by atoms with E-state index in [4.69, 9.17) is 4.74 Å². The van der Waals surface area contributed by atoms with Gasteiger partial charge >= 0.3 is 15.5 Å². The molecule has 2 N–H and O–H groups in total. The number of nitrogens with zero attached hydrogens (tertiary/aromatic N) is 3. The fourth-order valence-electron chi connectivity index (χ4n) is 3.53. The maximum Gasteiger partial charge on any atom is 0.511 e. The average Bonchev–Trinajstić information content (AvgIpc) is 2.64. The molecular weight excluding hydrogens is 399 g/mol. The molecule has 2 aliphatic heterocycles. The van der Waals surface area contributed by atoms with Crippen LogP contribution in [0.4, 0.5) is 13.2 Å². The standard InChI is InChI=1S/C16H30F3N5O3S/c1-12(24-8-9-27-11-13(24)2)10-21-15(20-3)22-14-4-6-23(7-5-14)28(25,26)16(17,18)19/h12-14H,4-11H2,1-3H3,(H2,20,21,22). The van der Waals surface area contributed by atoms with Gasteiger partial charge in [-0.05, 0) is 26.7 Å². The van der Waals surface area contributed by atoms with Gasteiger partial charge in [-0.2, -0.15) is 17.5 Å². The number of halogens is 3. The molecular formula is C16H30F3N5O3S. The van der Waals surface area contributed by atoms with Gasteiger partial charge in [-0.3, -0.25) is 9.89 Å². The van der Waals surface area contributed by atoms with E-state index in [9.17, 15) is 21.6 Å². The summed E-state index contributed by atoms with van der Waals surface area (Å²) < 4.78 is 66.9. The molecule has 0 aromatic rings. The lowest BCUT2D eigenvalue weighted by molar-refractivity contribution is -0.0494. The van der Waals surface area contributed by atoms with Crippen molar-refractivity contribution in [2.75, 3.05) is 46.4 Å². The molecule has 0 amide bonds. The smallest absolute Gasteiger partial charge is 0.379 e. The van der Waals surface area contributed by atoms with E-state index in [-0.39, 0.29) is 38.0 Å². The van der Waals surface area contributed by atoms with Gasteiger partial charge in [0.1, 0.15) is 0 Å². The van der Waals surface area contributed by atoms with E-state index in [1.54, 1.807) is 7.05 Å². The molecule has 164 valence electrons. The zero-order valence-electron chi connectivity index (χ0n) is 16.5. The number of hydrogen-bond acceptors (Lipinski definition) is 5. The van der Waals surface area contributed by atoms with Crippen molar-refractivity contribution >= 4 is 16.0 Å². The Morgan fingerprint density at radius 1 is 1.29 bits per heavy atom. The lowest BCUT2D eigenvalue weighted by Crippen LogP contribution is -2.55. The third-order valence-electron chi connectivity index (χ3n) is 5.20. The molecule has 2 fully saturated rings. The molecule has 2 saturated heterocycles. The summed E-state index contributed by atoms with van der Waals surface area (Å²) in [4.78, 5) is 6.52. The molecule has 2 rings (SSSR count). The van der Waals surface area contributed by atoms with Crippen molar-refractivity contribution in [3.63, 3.8) is 0 Å². The molecule has 0 aromatic heterocycles. The number of piperidine rings is 1. The maximum absolute atomic E-state index is 12.7. The van der Waals surface area contributed by atoms with Crippen molar-refractivity contribution in [3.8, 4) is 0 Å². The highest BCUT2D eigenvalue weighted by atomic mass is 32.2. The Hall–Kier alpha value is -1.11. The van der Waals surface area contributed by atoms with Gasteiger partial charge < -0.3 is 15.4 Å². The lowest BCUT2D eigenvalue weighted by Gasteiger charge is -2.38. The van der Waals surface area contributed by atoms with Gasteiger partial charge in [0, 0.05) is 51.4 Å². The summed E-state index contributed by atoms with van der Waals surface area (Å²) in [5.41, 5.74) is -5.25. The number of ether oxygens (including phenoxy) is 1. The Morgan fingerprint density at radius 3 is 2.46 bits per heavy atom. The number of aliphatic imine (C=N–C) groups is 1. The summed E-state index contributed by atoms with van der Waals surface area (Å²) in [6.45, 7) is 6.83. The van der Waals surface area contributed by atoms with Gasteiger partial charge in [0.15, 0.2) is 5.96 Å². The molecule has 28 heavy (non-hydrogen) atoms. The average molecular weight is 430 g/mol. The molecule has 2 heterocycles. The number of sulfonamides is 1. The molecule has 2 unspecified atom stereocenters. The van der Waals surface area contributed by atoms with Crippen molar-refractivity contribution in [2.24, 2.45) is 4.99 Å². The van der Waals surface area contributed by atoms with Gasteiger partial charge in [0.05, 0.1) is 13.2 Å². The first-order chi connectivity index (χ1) is 13.1. The number of morpholine rings is 1. The fraction of sp³-hybridized carbons (Fsp3) is 0.938. The first-order valence-corrected chi connectivity index (χ1v) is 10.9. The Labute approximate surface area is 164 Å². The van der Waals surface area contributed by atoms with Crippen LogP contribution >= 0.6 is 0 Å². The van der Waals surface area contributed by atoms with Crippen LogP contribution in [0.1, 0.15) is 26.7 Å². The Kier molecular flexibility index (Phi) is 7.94. The van der Waals surface area contributed by atoms with Crippen LogP contribution in [0.3, 0.4) is 0 Å². The van der Waals surface area contributed by atoms with E-state index in [1.807, 2.05) is 0 Å². The molecule has 0 saturated carbocycles.